The number of ether oxygens (including phenoxy) is 1. The molecule has 29 heavy (non-hydrogen) atoms. The second-order valence-corrected chi connectivity index (χ2v) is 7.42. The summed E-state index contributed by atoms with van der Waals surface area (Å²) in [5.74, 6) is 0. The zero-order chi connectivity index (χ0) is 20.6. The van der Waals surface area contributed by atoms with E-state index >= 15 is 0 Å². The Kier molecular flexibility index (Phi) is 5.00. The third-order valence-corrected chi connectivity index (χ3v) is 5.50. The van der Waals surface area contributed by atoms with E-state index in [0.717, 1.165) is 22.9 Å². The average Bonchev–Trinajstić information content (AvgIpc) is 2.71. The van der Waals surface area contributed by atoms with E-state index in [4.69, 9.17) is 4.74 Å². The number of hydrogen-bond donors (Lipinski definition) is 1. The molecule has 8 heteroatoms. The predicted molar refractivity (Wildman–Crippen MR) is 103 cm³/mol. The Labute approximate surface area is 167 Å². The van der Waals surface area contributed by atoms with Crippen LogP contribution in [0.15, 0.2) is 49.2 Å². The quantitative estimate of drug-likeness (QED) is 0.847. The van der Waals surface area contributed by atoms with Crippen LogP contribution in [0.5, 0.6) is 0 Å². The molecule has 2 aliphatic heterocycles. The molecule has 1 aromatic heterocycles. The van der Waals surface area contributed by atoms with Gasteiger partial charge in [-0.2, -0.15) is 13.2 Å². The van der Waals surface area contributed by atoms with Crippen molar-refractivity contribution >= 4 is 11.4 Å². The summed E-state index contributed by atoms with van der Waals surface area (Å²) in [5, 5.41) is 10.3. The van der Waals surface area contributed by atoms with Crippen LogP contribution >= 0.6 is 0 Å². The summed E-state index contributed by atoms with van der Waals surface area (Å²) in [6, 6.07) is 10.2. The van der Waals surface area contributed by atoms with E-state index in [1.807, 2.05) is 29.2 Å². The maximum absolute atomic E-state index is 12.7. The monoisotopic (exact) mass is 405 g/mol. The Bertz CT molecular complexity index is 870. The minimum Gasteiger partial charge on any atom is -0.380 e. The van der Waals surface area contributed by atoms with Gasteiger partial charge in [-0.15, -0.1) is 0 Å². The first kappa shape index (κ1) is 19.7. The molecule has 0 saturated carbocycles. The summed E-state index contributed by atoms with van der Waals surface area (Å²) in [6.07, 6.45) is -3.15. The summed E-state index contributed by atoms with van der Waals surface area (Å²) in [6.45, 7) is 7.57. The second-order valence-electron chi connectivity index (χ2n) is 7.42. The van der Waals surface area contributed by atoms with E-state index in [1.54, 1.807) is 0 Å². The molecule has 2 fully saturated rings. The molecular formula is C21H22F3N3O2. The smallest absolute Gasteiger partial charge is 0.380 e. The fourth-order valence-electron chi connectivity index (χ4n) is 3.59. The van der Waals surface area contributed by atoms with Crippen molar-refractivity contribution in [3.8, 4) is 0 Å². The number of halogens is 3. The van der Waals surface area contributed by atoms with Gasteiger partial charge in [-0.3, -0.25) is 0 Å². The lowest BCUT2D eigenvalue weighted by Gasteiger charge is -2.38. The fourth-order valence-corrected chi connectivity index (χ4v) is 3.59. The number of piperazine rings is 1. The lowest BCUT2D eigenvalue weighted by Crippen LogP contribution is -2.46. The Balaban J connectivity index is 1.36. The molecule has 5 nitrogen and oxygen atoms in total. The van der Waals surface area contributed by atoms with Gasteiger partial charge < -0.3 is 19.6 Å². The van der Waals surface area contributed by atoms with Gasteiger partial charge in [0.1, 0.15) is 11.3 Å². The standard InChI is InChI=1S/C21H22F3N3O2/c1-15(16-2-4-17(5-3-16)20(28)13-29-14-20)26-8-10-27(11-9-26)18-6-7-19(25-12-18)21(22,23)24/h2-7,12,28H,1,8-11,13-14H2. The van der Waals surface area contributed by atoms with Crippen LogP contribution in [0.1, 0.15) is 16.8 Å². The topological polar surface area (TPSA) is 48.8 Å². The first-order chi connectivity index (χ1) is 13.8. The van der Waals surface area contributed by atoms with Crippen LogP contribution in [0, 0.1) is 0 Å². The molecule has 0 aliphatic carbocycles. The van der Waals surface area contributed by atoms with Gasteiger partial charge in [0.25, 0.3) is 0 Å². The normalized spacial score (nSPS) is 19.0. The summed E-state index contributed by atoms with van der Waals surface area (Å²) in [5.41, 5.74) is 1.61. The number of anilines is 1. The van der Waals surface area contributed by atoms with Gasteiger partial charge >= 0.3 is 6.18 Å². The lowest BCUT2D eigenvalue weighted by atomic mass is 9.91. The molecule has 1 aromatic carbocycles. The maximum Gasteiger partial charge on any atom is 0.433 e. The van der Waals surface area contributed by atoms with Crippen molar-refractivity contribution < 1.29 is 23.0 Å². The van der Waals surface area contributed by atoms with E-state index in [-0.39, 0.29) is 0 Å². The van der Waals surface area contributed by atoms with E-state index < -0.39 is 17.5 Å². The zero-order valence-corrected chi connectivity index (χ0v) is 15.8. The maximum atomic E-state index is 12.7. The number of aliphatic hydroxyl groups is 1. The van der Waals surface area contributed by atoms with Crippen LogP contribution in [-0.2, 0) is 16.5 Å². The highest BCUT2D eigenvalue weighted by molar-refractivity contribution is 5.63. The molecule has 4 rings (SSSR count). The molecule has 0 atom stereocenters. The summed E-state index contributed by atoms with van der Waals surface area (Å²) in [4.78, 5) is 7.72. The molecule has 3 heterocycles. The highest BCUT2D eigenvalue weighted by atomic mass is 19.4. The van der Waals surface area contributed by atoms with Crippen molar-refractivity contribution in [2.45, 2.75) is 11.8 Å². The minimum absolute atomic E-state index is 0.314. The SMILES string of the molecule is C=C(c1ccc(C2(O)COC2)cc1)N1CCN(c2ccc(C(F)(F)F)nc2)CC1. The largest absolute Gasteiger partial charge is 0.433 e. The number of hydrogen-bond acceptors (Lipinski definition) is 5. The van der Waals surface area contributed by atoms with Crippen molar-refractivity contribution in [2.24, 2.45) is 0 Å². The first-order valence-electron chi connectivity index (χ1n) is 9.39. The molecular weight excluding hydrogens is 383 g/mol. The number of benzene rings is 1. The molecule has 0 unspecified atom stereocenters. The van der Waals surface area contributed by atoms with E-state index in [0.29, 0.717) is 45.1 Å². The number of pyridine rings is 1. The van der Waals surface area contributed by atoms with Gasteiger partial charge in [-0.1, -0.05) is 30.8 Å². The second kappa shape index (κ2) is 7.35. The number of rotatable bonds is 4. The number of nitrogens with zero attached hydrogens (tertiary/aromatic N) is 3. The Morgan fingerprint density at radius 1 is 1.03 bits per heavy atom. The summed E-state index contributed by atoms with van der Waals surface area (Å²) >= 11 is 0. The molecule has 2 aliphatic rings. The molecule has 1 N–H and O–H groups in total. The van der Waals surface area contributed by atoms with Gasteiger partial charge in [0.15, 0.2) is 0 Å². The van der Waals surface area contributed by atoms with Crippen LogP contribution in [-0.4, -0.2) is 54.4 Å². The van der Waals surface area contributed by atoms with Crippen LogP contribution in [0.3, 0.4) is 0 Å². The van der Waals surface area contributed by atoms with Gasteiger partial charge in [0.2, 0.25) is 0 Å². The average molecular weight is 405 g/mol. The molecule has 2 saturated heterocycles. The fraction of sp³-hybridized carbons (Fsp3) is 0.381. The van der Waals surface area contributed by atoms with Gasteiger partial charge in [0.05, 0.1) is 25.1 Å². The molecule has 0 bridgehead atoms. The third kappa shape index (κ3) is 3.95. The van der Waals surface area contributed by atoms with Gasteiger partial charge in [0, 0.05) is 31.9 Å². The predicted octanol–water partition coefficient (Wildman–Crippen LogP) is 3.11. The number of alkyl halides is 3. The minimum atomic E-state index is -4.42. The zero-order valence-electron chi connectivity index (χ0n) is 15.8. The molecule has 2 aromatic rings. The molecule has 0 amide bonds. The molecule has 0 spiro atoms. The Morgan fingerprint density at radius 2 is 1.69 bits per heavy atom. The highest BCUT2D eigenvalue weighted by Gasteiger charge is 2.37. The van der Waals surface area contributed by atoms with Crippen LogP contribution in [0.4, 0.5) is 18.9 Å². The van der Waals surface area contributed by atoms with Crippen LogP contribution in [0.2, 0.25) is 0 Å². The van der Waals surface area contributed by atoms with Crippen LogP contribution < -0.4 is 4.90 Å². The van der Waals surface area contributed by atoms with Crippen LogP contribution in [0.25, 0.3) is 5.70 Å². The summed E-state index contributed by atoms with van der Waals surface area (Å²) < 4.78 is 43.1. The lowest BCUT2D eigenvalue weighted by molar-refractivity contribution is -0.184. The third-order valence-electron chi connectivity index (χ3n) is 5.50. The van der Waals surface area contributed by atoms with Crippen molar-refractivity contribution in [3.05, 3.63) is 66.0 Å². The Hall–Kier alpha value is -2.58. The van der Waals surface area contributed by atoms with Crippen molar-refractivity contribution in [1.29, 1.82) is 0 Å². The van der Waals surface area contributed by atoms with Gasteiger partial charge in [-0.05, 0) is 23.3 Å². The number of aromatic nitrogens is 1. The Morgan fingerprint density at radius 3 is 2.17 bits per heavy atom. The first-order valence-corrected chi connectivity index (χ1v) is 9.39. The molecule has 154 valence electrons. The summed E-state index contributed by atoms with van der Waals surface area (Å²) in [7, 11) is 0. The van der Waals surface area contributed by atoms with Crippen molar-refractivity contribution in [3.63, 3.8) is 0 Å². The highest BCUT2D eigenvalue weighted by Crippen LogP contribution is 2.31. The van der Waals surface area contributed by atoms with Gasteiger partial charge in [-0.25, -0.2) is 4.98 Å². The van der Waals surface area contributed by atoms with E-state index in [9.17, 15) is 18.3 Å². The van der Waals surface area contributed by atoms with E-state index in [1.165, 1.54) is 12.3 Å². The molecule has 0 radical (unpaired) electrons. The van der Waals surface area contributed by atoms with E-state index in [2.05, 4.69) is 16.5 Å². The van der Waals surface area contributed by atoms with Crippen molar-refractivity contribution in [1.82, 2.24) is 9.88 Å². The van der Waals surface area contributed by atoms with Crippen molar-refractivity contribution in [2.75, 3.05) is 44.3 Å².